The van der Waals surface area contributed by atoms with E-state index in [0.29, 0.717) is 25.4 Å². The Morgan fingerprint density at radius 3 is 3.04 bits per heavy atom. The number of carbonyl (C=O) groups is 1. The first-order valence-electron chi connectivity index (χ1n) is 7.53. The summed E-state index contributed by atoms with van der Waals surface area (Å²) in [6, 6.07) is 9.94. The summed E-state index contributed by atoms with van der Waals surface area (Å²) in [5.41, 5.74) is 1.72. The van der Waals surface area contributed by atoms with Gasteiger partial charge >= 0.3 is 0 Å². The van der Waals surface area contributed by atoms with Crippen molar-refractivity contribution >= 4 is 28.1 Å². The number of nitrogens with zero attached hydrogens (tertiary/aromatic N) is 2. The van der Waals surface area contributed by atoms with Crippen molar-refractivity contribution in [3.8, 4) is 0 Å². The van der Waals surface area contributed by atoms with Crippen molar-refractivity contribution in [2.24, 2.45) is 0 Å². The molecule has 0 saturated heterocycles. The minimum atomic E-state index is -0.0612. The first kappa shape index (κ1) is 15.7. The van der Waals surface area contributed by atoms with Crippen molar-refractivity contribution < 1.29 is 9.53 Å². The van der Waals surface area contributed by atoms with Gasteiger partial charge in [-0.15, -0.1) is 11.3 Å². The van der Waals surface area contributed by atoms with Gasteiger partial charge < -0.3 is 14.6 Å². The van der Waals surface area contributed by atoms with E-state index in [2.05, 4.69) is 10.3 Å². The minimum absolute atomic E-state index is 0.0612. The van der Waals surface area contributed by atoms with Gasteiger partial charge in [0.15, 0.2) is 0 Å². The molecule has 2 aromatic heterocycles. The fraction of sp³-hybridized carbons (Fsp3) is 0.294. The van der Waals surface area contributed by atoms with Crippen molar-refractivity contribution in [1.82, 2.24) is 14.9 Å². The lowest BCUT2D eigenvalue weighted by molar-refractivity contribution is 0.0942. The number of aromatic nitrogens is 2. The second-order valence-electron chi connectivity index (χ2n) is 5.16. The monoisotopic (exact) mass is 329 g/mol. The first-order chi connectivity index (χ1) is 11.3. The first-order valence-corrected chi connectivity index (χ1v) is 8.41. The van der Waals surface area contributed by atoms with Crippen LogP contribution in [0.1, 0.15) is 15.5 Å². The van der Waals surface area contributed by atoms with Crippen LogP contribution in [0.4, 0.5) is 0 Å². The highest BCUT2D eigenvalue weighted by atomic mass is 32.1. The third-order valence-corrected chi connectivity index (χ3v) is 4.51. The van der Waals surface area contributed by atoms with E-state index in [-0.39, 0.29) is 5.91 Å². The van der Waals surface area contributed by atoms with Crippen molar-refractivity contribution in [3.63, 3.8) is 0 Å². The summed E-state index contributed by atoms with van der Waals surface area (Å²) in [7, 11) is 1.67. The molecule has 0 aliphatic heterocycles. The second-order valence-corrected chi connectivity index (χ2v) is 6.14. The fourth-order valence-corrected chi connectivity index (χ4v) is 3.19. The maximum absolute atomic E-state index is 12.5. The number of amides is 1. The Kier molecular flexibility index (Phi) is 5.05. The van der Waals surface area contributed by atoms with Crippen molar-refractivity contribution in [1.29, 1.82) is 0 Å². The van der Waals surface area contributed by atoms with Crippen molar-refractivity contribution in [2.75, 3.05) is 20.3 Å². The van der Waals surface area contributed by atoms with E-state index in [1.807, 2.05) is 40.3 Å². The van der Waals surface area contributed by atoms with Crippen LogP contribution in [0.25, 0.3) is 10.9 Å². The number of thiazole rings is 1. The molecule has 0 spiro atoms. The Hall–Kier alpha value is -2.18. The molecule has 1 aromatic carbocycles. The number of carbonyl (C=O) groups excluding carboxylic acids is 1. The van der Waals surface area contributed by atoms with E-state index < -0.39 is 0 Å². The molecule has 23 heavy (non-hydrogen) atoms. The number of rotatable bonds is 7. The molecule has 1 amide bonds. The highest BCUT2D eigenvalue weighted by molar-refractivity contribution is 7.09. The van der Waals surface area contributed by atoms with Gasteiger partial charge in [-0.2, -0.15) is 0 Å². The molecule has 0 radical (unpaired) electrons. The molecule has 0 bridgehead atoms. The minimum Gasteiger partial charge on any atom is -0.383 e. The summed E-state index contributed by atoms with van der Waals surface area (Å²) in [5.74, 6) is -0.0612. The standard InChI is InChI=1S/C17H19N3O2S/c1-22-10-9-20-14-5-3-2-4-13(14)12-15(20)17(21)19-7-6-16-18-8-11-23-16/h2-5,8,11-12H,6-7,9-10H2,1H3,(H,19,21). The molecule has 6 heteroatoms. The summed E-state index contributed by atoms with van der Waals surface area (Å²) in [5, 5.41) is 7.02. The van der Waals surface area contributed by atoms with E-state index in [9.17, 15) is 4.79 Å². The van der Waals surface area contributed by atoms with Gasteiger partial charge in [-0.05, 0) is 12.1 Å². The lowest BCUT2D eigenvalue weighted by Crippen LogP contribution is -2.28. The average Bonchev–Trinajstić information content (AvgIpc) is 3.20. The van der Waals surface area contributed by atoms with Crippen LogP contribution in [0.3, 0.4) is 0 Å². The van der Waals surface area contributed by atoms with Crippen LogP contribution in [-0.2, 0) is 17.7 Å². The number of fused-ring (bicyclic) bond motifs is 1. The Balaban J connectivity index is 1.75. The van der Waals surface area contributed by atoms with Gasteiger partial charge in [-0.1, -0.05) is 18.2 Å². The SMILES string of the molecule is COCCn1c(C(=O)NCCc2nccs2)cc2ccccc21. The predicted molar refractivity (Wildman–Crippen MR) is 92.0 cm³/mol. The summed E-state index contributed by atoms with van der Waals surface area (Å²) < 4.78 is 7.18. The lowest BCUT2D eigenvalue weighted by Gasteiger charge is -2.10. The smallest absolute Gasteiger partial charge is 0.267 e. The van der Waals surface area contributed by atoms with Gasteiger partial charge in [0.05, 0.1) is 11.6 Å². The van der Waals surface area contributed by atoms with Crippen LogP contribution < -0.4 is 5.32 Å². The van der Waals surface area contributed by atoms with Gasteiger partial charge in [0, 0.05) is 49.1 Å². The molecule has 0 aliphatic rings. The Labute approximate surface area is 138 Å². The van der Waals surface area contributed by atoms with E-state index >= 15 is 0 Å². The molecular formula is C17H19N3O2S. The molecule has 1 N–H and O–H groups in total. The van der Waals surface area contributed by atoms with Gasteiger partial charge in [0.1, 0.15) is 5.69 Å². The molecule has 0 unspecified atom stereocenters. The number of ether oxygens (including phenoxy) is 1. The predicted octanol–water partition coefficient (Wildman–Crippen LogP) is 2.72. The third kappa shape index (κ3) is 3.60. The molecule has 0 aliphatic carbocycles. The zero-order chi connectivity index (χ0) is 16.1. The number of nitrogens with one attached hydrogen (secondary N) is 1. The summed E-state index contributed by atoms with van der Waals surface area (Å²) in [6.45, 7) is 1.80. The quantitative estimate of drug-likeness (QED) is 0.725. The molecule has 120 valence electrons. The Bertz CT molecular complexity index is 780. The molecule has 0 atom stereocenters. The fourth-order valence-electron chi connectivity index (χ4n) is 2.57. The highest BCUT2D eigenvalue weighted by Gasteiger charge is 2.15. The molecular weight excluding hydrogens is 310 g/mol. The van der Waals surface area contributed by atoms with Gasteiger partial charge in [-0.3, -0.25) is 4.79 Å². The maximum atomic E-state index is 12.5. The number of benzene rings is 1. The van der Waals surface area contributed by atoms with Crippen molar-refractivity contribution in [3.05, 3.63) is 52.6 Å². The molecule has 2 heterocycles. The van der Waals surface area contributed by atoms with Gasteiger partial charge in [-0.25, -0.2) is 4.98 Å². The van der Waals surface area contributed by atoms with E-state index in [4.69, 9.17) is 4.74 Å². The second kappa shape index (κ2) is 7.39. The Morgan fingerprint density at radius 1 is 1.39 bits per heavy atom. The number of para-hydroxylation sites is 1. The summed E-state index contributed by atoms with van der Waals surface area (Å²) in [6.07, 6.45) is 2.53. The number of hydrogen-bond acceptors (Lipinski definition) is 4. The van der Waals surface area contributed by atoms with Gasteiger partial charge in [0.25, 0.3) is 5.91 Å². The molecule has 5 nitrogen and oxygen atoms in total. The van der Waals surface area contributed by atoms with Crippen LogP contribution in [0.15, 0.2) is 41.9 Å². The van der Waals surface area contributed by atoms with Crippen LogP contribution in [-0.4, -0.2) is 35.7 Å². The lowest BCUT2D eigenvalue weighted by atomic mass is 10.2. The zero-order valence-electron chi connectivity index (χ0n) is 13.0. The summed E-state index contributed by atoms with van der Waals surface area (Å²) >= 11 is 1.60. The van der Waals surface area contributed by atoms with Gasteiger partial charge in [0.2, 0.25) is 0 Å². The highest BCUT2D eigenvalue weighted by Crippen LogP contribution is 2.19. The largest absolute Gasteiger partial charge is 0.383 e. The number of methoxy groups -OCH3 is 1. The average molecular weight is 329 g/mol. The van der Waals surface area contributed by atoms with Crippen LogP contribution in [0.5, 0.6) is 0 Å². The molecule has 0 saturated carbocycles. The van der Waals surface area contributed by atoms with Crippen LogP contribution in [0, 0.1) is 0 Å². The van der Waals surface area contributed by atoms with E-state index in [0.717, 1.165) is 22.3 Å². The summed E-state index contributed by atoms with van der Waals surface area (Å²) in [4.78, 5) is 16.8. The maximum Gasteiger partial charge on any atom is 0.267 e. The third-order valence-electron chi connectivity index (χ3n) is 3.67. The van der Waals surface area contributed by atoms with Crippen molar-refractivity contribution in [2.45, 2.75) is 13.0 Å². The zero-order valence-corrected chi connectivity index (χ0v) is 13.8. The topological polar surface area (TPSA) is 56.1 Å². The van der Waals surface area contributed by atoms with E-state index in [1.54, 1.807) is 24.6 Å². The molecule has 3 aromatic rings. The molecule has 3 rings (SSSR count). The normalized spacial score (nSPS) is 11.0. The molecule has 0 fully saturated rings. The van der Waals surface area contributed by atoms with Crippen LogP contribution >= 0.6 is 11.3 Å². The van der Waals surface area contributed by atoms with Crippen LogP contribution in [0.2, 0.25) is 0 Å². The number of hydrogen-bond donors (Lipinski definition) is 1. The van der Waals surface area contributed by atoms with E-state index in [1.165, 1.54) is 0 Å². The Morgan fingerprint density at radius 2 is 2.26 bits per heavy atom.